The van der Waals surface area contributed by atoms with Gasteiger partial charge >= 0.3 is 0 Å². The minimum atomic E-state index is 0.159. The first-order valence-corrected chi connectivity index (χ1v) is 7.40. The van der Waals surface area contributed by atoms with Crippen LogP contribution in [0.1, 0.15) is 43.5 Å². The molecular formula is C17H20N4O2. The summed E-state index contributed by atoms with van der Waals surface area (Å²) >= 11 is 0. The number of phenolic OH excluding ortho intramolecular Hbond substituents is 1. The number of hydrogen-bond donors (Lipinski definition) is 2. The third kappa shape index (κ3) is 4.10. The molecule has 0 radical (unpaired) electrons. The smallest absolute Gasteiger partial charge is 0.252 e. The Morgan fingerprint density at radius 3 is 2.83 bits per heavy atom. The fourth-order valence-corrected chi connectivity index (χ4v) is 2.10. The molecule has 1 heterocycles. The van der Waals surface area contributed by atoms with Gasteiger partial charge in [0.15, 0.2) is 5.89 Å². The second-order valence-corrected chi connectivity index (χ2v) is 5.82. The molecule has 0 spiro atoms. The van der Waals surface area contributed by atoms with E-state index >= 15 is 0 Å². The Labute approximate surface area is 135 Å². The molecule has 0 aliphatic rings. The van der Waals surface area contributed by atoms with E-state index in [0.29, 0.717) is 29.5 Å². The summed E-state index contributed by atoms with van der Waals surface area (Å²) in [7, 11) is 0. The maximum absolute atomic E-state index is 9.97. The molecule has 0 saturated heterocycles. The van der Waals surface area contributed by atoms with Gasteiger partial charge in [0.05, 0.1) is 5.71 Å². The van der Waals surface area contributed by atoms with E-state index < -0.39 is 0 Å². The van der Waals surface area contributed by atoms with Crippen molar-refractivity contribution in [3.05, 3.63) is 40.9 Å². The van der Waals surface area contributed by atoms with Crippen LogP contribution in [-0.4, -0.2) is 15.8 Å². The highest BCUT2D eigenvalue weighted by Gasteiger charge is 2.14. The normalized spacial score (nSPS) is 11.6. The van der Waals surface area contributed by atoms with Crippen molar-refractivity contribution in [1.82, 2.24) is 4.98 Å². The largest absolute Gasteiger partial charge is 0.507 e. The van der Waals surface area contributed by atoms with Crippen LogP contribution in [0.3, 0.4) is 0 Å². The fraction of sp³-hybridized carbons (Fsp3) is 0.353. The molecule has 1 aromatic carbocycles. The SMILES string of the molecule is C/C(=N\Nc1oc(CC(C)C)nc1C#N)c1ccc(C)cc1O. The molecule has 23 heavy (non-hydrogen) atoms. The van der Waals surface area contributed by atoms with Gasteiger partial charge in [-0.2, -0.15) is 10.4 Å². The number of hydrogen-bond acceptors (Lipinski definition) is 6. The Hall–Kier alpha value is -2.81. The lowest BCUT2D eigenvalue weighted by molar-refractivity contribution is 0.466. The number of nitrogens with zero attached hydrogens (tertiary/aromatic N) is 3. The first-order valence-electron chi connectivity index (χ1n) is 7.40. The van der Waals surface area contributed by atoms with E-state index in [-0.39, 0.29) is 17.3 Å². The number of phenols is 1. The highest BCUT2D eigenvalue weighted by Crippen LogP contribution is 2.21. The highest BCUT2D eigenvalue weighted by molar-refractivity contribution is 6.01. The number of aromatic hydroxyl groups is 1. The first kappa shape index (κ1) is 16.6. The van der Waals surface area contributed by atoms with E-state index in [9.17, 15) is 5.11 Å². The summed E-state index contributed by atoms with van der Waals surface area (Å²) in [6, 6.07) is 7.34. The van der Waals surface area contributed by atoms with Crippen LogP contribution < -0.4 is 5.43 Å². The van der Waals surface area contributed by atoms with Crippen molar-refractivity contribution in [2.24, 2.45) is 11.0 Å². The molecule has 0 atom stereocenters. The number of anilines is 1. The second-order valence-electron chi connectivity index (χ2n) is 5.82. The third-order valence-electron chi connectivity index (χ3n) is 3.23. The lowest BCUT2D eigenvalue weighted by atomic mass is 10.1. The molecule has 0 saturated carbocycles. The predicted molar refractivity (Wildman–Crippen MR) is 88.4 cm³/mol. The molecule has 2 aromatic rings. The summed E-state index contributed by atoms with van der Waals surface area (Å²) in [5.41, 5.74) is 5.05. The maximum Gasteiger partial charge on any atom is 0.252 e. The van der Waals surface area contributed by atoms with Crippen molar-refractivity contribution in [1.29, 1.82) is 5.26 Å². The molecule has 1 aromatic heterocycles. The molecule has 6 heteroatoms. The summed E-state index contributed by atoms with van der Waals surface area (Å²) in [6.07, 6.45) is 0.651. The molecule has 2 rings (SSSR count). The number of benzene rings is 1. The van der Waals surface area contributed by atoms with Gasteiger partial charge in [-0.05, 0) is 37.5 Å². The van der Waals surface area contributed by atoms with Crippen LogP contribution in [0.4, 0.5) is 5.88 Å². The standard InChI is InChI=1S/C17H20N4O2/c1-10(2)7-16-19-14(9-18)17(23-16)21-20-12(4)13-6-5-11(3)8-15(13)22/h5-6,8,10,21-22H,7H2,1-4H3/b20-12+. The summed E-state index contributed by atoms with van der Waals surface area (Å²) in [4.78, 5) is 4.14. The van der Waals surface area contributed by atoms with Crippen molar-refractivity contribution in [2.45, 2.75) is 34.1 Å². The molecule has 0 amide bonds. The van der Waals surface area contributed by atoms with Crippen LogP contribution in [0.2, 0.25) is 0 Å². The number of aryl methyl sites for hydroxylation is 1. The molecular weight excluding hydrogens is 292 g/mol. The Morgan fingerprint density at radius 2 is 2.22 bits per heavy atom. The summed E-state index contributed by atoms with van der Waals surface area (Å²) in [5, 5.41) is 23.3. The van der Waals surface area contributed by atoms with Crippen LogP contribution in [0.5, 0.6) is 5.75 Å². The number of rotatable bonds is 5. The van der Waals surface area contributed by atoms with Gasteiger partial charge in [-0.3, -0.25) is 0 Å². The number of nitrogens with one attached hydrogen (secondary N) is 1. The Balaban J connectivity index is 2.21. The van der Waals surface area contributed by atoms with Gasteiger partial charge < -0.3 is 9.52 Å². The minimum Gasteiger partial charge on any atom is -0.507 e. The zero-order valence-electron chi connectivity index (χ0n) is 13.7. The van der Waals surface area contributed by atoms with Gasteiger partial charge in [0.25, 0.3) is 5.88 Å². The number of hydrazone groups is 1. The minimum absolute atomic E-state index is 0.159. The summed E-state index contributed by atoms with van der Waals surface area (Å²) in [6.45, 7) is 7.75. The van der Waals surface area contributed by atoms with Crippen molar-refractivity contribution in [2.75, 3.05) is 5.43 Å². The van der Waals surface area contributed by atoms with Crippen molar-refractivity contribution in [3.63, 3.8) is 0 Å². The topological polar surface area (TPSA) is 94.4 Å². The van der Waals surface area contributed by atoms with E-state index in [1.165, 1.54) is 0 Å². The van der Waals surface area contributed by atoms with Gasteiger partial charge in [-0.25, -0.2) is 10.4 Å². The van der Waals surface area contributed by atoms with Gasteiger partial charge in [-0.15, -0.1) is 0 Å². The van der Waals surface area contributed by atoms with Crippen LogP contribution in [0.15, 0.2) is 27.7 Å². The van der Waals surface area contributed by atoms with Crippen molar-refractivity contribution in [3.8, 4) is 11.8 Å². The summed E-state index contributed by atoms with van der Waals surface area (Å²) in [5.74, 6) is 1.26. The summed E-state index contributed by atoms with van der Waals surface area (Å²) < 4.78 is 5.54. The maximum atomic E-state index is 9.97. The van der Waals surface area contributed by atoms with E-state index in [2.05, 4.69) is 15.5 Å². The van der Waals surface area contributed by atoms with Crippen LogP contribution in [0.25, 0.3) is 0 Å². The highest BCUT2D eigenvalue weighted by atomic mass is 16.4. The zero-order chi connectivity index (χ0) is 17.0. The Kier molecular flexibility index (Phi) is 5.02. The fourth-order valence-electron chi connectivity index (χ4n) is 2.10. The van der Waals surface area contributed by atoms with Crippen LogP contribution in [-0.2, 0) is 6.42 Å². The van der Waals surface area contributed by atoms with Crippen LogP contribution >= 0.6 is 0 Å². The molecule has 2 N–H and O–H groups in total. The quantitative estimate of drug-likeness (QED) is 0.650. The monoisotopic (exact) mass is 312 g/mol. The molecule has 6 nitrogen and oxygen atoms in total. The average Bonchev–Trinajstić information content (AvgIpc) is 2.85. The third-order valence-corrected chi connectivity index (χ3v) is 3.23. The van der Waals surface area contributed by atoms with Gasteiger partial charge in [-0.1, -0.05) is 19.9 Å². The Morgan fingerprint density at radius 1 is 1.48 bits per heavy atom. The van der Waals surface area contributed by atoms with E-state index in [1.54, 1.807) is 19.1 Å². The average molecular weight is 312 g/mol. The second kappa shape index (κ2) is 6.97. The van der Waals surface area contributed by atoms with Gasteiger partial charge in [0.2, 0.25) is 5.69 Å². The lowest BCUT2D eigenvalue weighted by Crippen LogP contribution is -2.00. The van der Waals surface area contributed by atoms with Crippen LogP contribution in [0, 0.1) is 24.2 Å². The number of oxazole rings is 1. The van der Waals surface area contributed by atoms with Crippen molar-refractivity contribution < 1.29 is 9.52 Å². The zero-order valence-corrected chi connectivity index (χ0v) is 13.7. The van der Waals surface area contributed by atoms with Gasteiger partial charge in [0.1, 0.15) is 11.8 Å². The van der Waals surface area contributed by atoms with Crippen molar-refractivity contribution >= 4 is 11.6 Å². The lowest BCUT2D eigenvalue weighted by Gasteiger charge is -2.05. The van der Waals surface area contributed by atoms with E-state index in [0.717, 1.165) is 5.56 Å². The Bertz CT molecular complexity index is 769. The van der Waals surface area contributed by atoms with Gasteiger partial charge in [0, 0.05) is 12.0 Å². The number of aromatic nitrogens is 1. The predicted octanol–water partition coefficient (Wildman–Crippen LogP) is 3.59. The molecule has 120 valence electrons. The molecule has 0 bridgehead atoms. The molecule has 0 aliphatic carbocycles. The van der Waals surface area contributed by atoms with E-state index in [4.69, 9.17) is 9.68 Å². The number of nitriles is 1. The van der Waals surface area contributed by atoms with E-state index in [1.807, 2.05) is 32.9 Å². The molecule has 0 fully saturated rings. The molecule has 0 aliphatic heterocycles. The first-order chi connectivity index (χ1) is 10.9. The molecule has 0 unspecified atom stereocenters.